The van der Waals surface area contributed by atoms with Crippen LogP contribution in [0.1, 0.15) is 16.9 Å². The number of phenolic OH excluding ortho intramolecular Hbond substituents is 2. The minimum Gasteiger partial charge on any atom is -0.507 e. The standard InChI is InChI=1S/C23H19N3O5S/c1-30-20-11-15(8-9-19(20)28)12-21-22(29)26(14-17-6-4-10-31-17)23(32-21)25-24-13-16-5-2-3-7-18(16)27/h2-13,27-28H,14H2,1H3/b21-12-,24-13-,25-23+. The fourth-order valence-corrected chi connectivity index (χ4v) is 3.89. The Kier molecular flexibility index (Phi) is 6.27. The molecule has 0 unspecified atom stereocenters. The smallest absolute Gasteiger partial charge is 0.267 e. The molecule has 1 aliphatic rings. The Morgan fingerprint density at radius 3 is 2.72 bits per heavy atom. The van der Waals surface area contributed by atoms with Gasteiger partial charge in [-0.1, -0.05) is 18.2 Å². The van der Waals surface area contributed by atoms with Crippen molar-refractivity contribution in [3.05, 3.63) is 82.7 Å². The SMILES string of the molecule is COc1cc(/C=C2\S/C(=N/N=C\c3ccccc3O)N(Cc3ccco3)C2=O)ccc1O. The highest BCUT2D eigenvalue weighted by Crippen LogP contribution is 2.35. The van der Waals surface area contributed by atoms with E-state index in [1.54, 1.807) is 54.6 Å². The van der Waals surface area contributed by atoms with Gasteiger partial charge in [0, 0.05) is 5.56 Å². The third-order valence-electron chi connectivity index (χ3n) is 4.56. The van der Waals surface area contributed by atoms with Crippen molar-refractivity contribution in [2.75, 3.05) is 7.11 Å². The molecule has 32 heavy (non-hydrogen) atoms. The van der Waals surface area contributed by atoms with Crippen LogP contribution in [0, 0.1) is 0 Å². The monoisotopic (exact) mass is 449 g/mol. The summed E-state index contributed by atoms with van der Waals surface area (Å²) in [6, 6.07) is 15.1. The highest BCUT2D eigenvalue weighted by molar-refractivity contribution is 8.18. The Morgan fingerprint density at radius 2 is 1.97 bits per heavy atom. The molecule has 0 atom stereocenters. The quantitative estimate of drug-likeness (QED) is 0.332. The Bertz CT molecular complexity index is 1220. The van der Waals surface area contributed by atoms with E-state index in [0.29, 0.717) is 32.7 Å². The van der Waals surface area contributed by atoms with E-state index in [1.165, 1.54) is 42.3 Å². The van der Waals surface area contributed by atoms with E-state index < -0.39 is 0 Å². The first-order valence-electron chi connectivity index (χ1n) is 9.55. The van der Waals surface area contributed by atoms with E-state index in [1.807, 2.05) is 0 Å². The van der Waals surface area contributed by atoms with Crippen LogP contribution in [0.5, 0.6) is 17.2 Å². The van der Waals surface area contributed by atoms with Gasteiger partial charge in [-0.15, -0.1) is 5.10 Å². The number of hydrogen-bond acceptors (Lipinski definition) is 8. The van der Waals surface area contributed by atoms with Gasteiger partial charge in [-0.05, 0) is 59.8 Å². The summed E-state index contributed by atoms with van der Waals surface area (Å²) in [5, 5.41) is 28.3. The molecule has 162 valence electrons. The number of furan rings is 1. The van der Waals surface area contributed by atoms with Gasteiger partial charge in [-0.2, -0.15) is 5.10 Å². The molecule has 2 aromatic carbocycles. The van der Waals surface area contributed by atoms with Gasteiger partial charge in [0.1, 0.15) is 11.5 Å². The Labute approximate surface area is 188 Å². The molecule has 2 heterocycles. The summed E-state index contributed by atoms with van der Waals surface area (Å²) in [7, 11) is 1.46. The van der Waals surface area contributed by atoms with Crippen molar-refractivity contribution >= 4 is 35.1 Å². The molecule has 2 N–H and O–H groups in total. The topological polar surface area (TPSA) is 108 Å². The van der Waals surface area contributed by atoms with E-state index in [-0.39, 0.29) is 24.0 Å². The maximum atomic E-state index is 13.1. The molecule has 8 nitrogen and oxygen atoms in total. The highest BCUT2D eigenvalue weighted by Gasteiger charge is 2.34. The second-order valence-corrected chi connectivity index (χ2v) is 7.71. The highest BCUT2D eigenvalue weighted by atomic mass is 32.2. The van der Waals surface area contributed by atoms with Gasteiger partial charge in [-0.3, -0.25) is 9.69 Å². The van der Waals surface area contributed by atoms with Crippen LogP contribution in [0.15, 0.2) is 80.4 Å². The molecule has 1 saturated heterocycles. The van der Waals surface area contributed by atoms with Crippen LogP contribution in [0.2, 0.25) is 0 Å². The van der Waals surface area contributed by atoms with Crippen LogP contribution in [-0.4, -0.2) is 39.5 Å². The van der Waals surface area contributed by atoms with Crippen molar-refractivity contribution in [3.63, 3.8) is 0 Å². The van der Waals surface area contributed by atoms with Crippen LogP contribution < -0.4 is 4.74 Å². The fourth-order valence-electron chi connectivity index (χ4n) is 2.95. The van der Waals surface area contributed by atoms with E-state index in [9.17, 15) is 15.0 Å². The summed E-state index contributed by atoms with van der Waals surface area (Å²) < 4.78 is 10.5. The zero-order valence-corrected chi connectivity index (χ0v) is 17.8. The van der Waals surface area contributed by atoms with Gasteiger partial charge in [-0.25, -0.2) is 0 Å². The molecular weight excluding hydrogens is 430 g/mol. The first-order chi connectivity index (χ1) is 15.5. The summed E-state index contributed by atoms with van der Waals surface area (Å²) in [6.07, 6.45) is 4.65. The number of thioether (sulfide) groups is 1. The number of phenols is 2. The van der Waals surface area contributed by atoms with Crippen LogP contribution in [0.25, 0.3) is 6.08 Å². The molecule has 4 rings (SSSR count). The number of carbonyl (C=O) groups excluding carboxylic acids is 1. The number of carbonyl (C=O) groups is 1. The van der Waals surface area contributed by atoms with Gasteiger partial charge >= 0.3 is 0 Å². The zero-order chi connectivity index (χ0) is 22.5. The van der Waals surface area contributed by atoms with Crippen molar-refractivity contribution in [2.24, 2.45) is 10.2 Å². The molecular formula is C23H19N3O5S. The predicted molar refractivity (Wildman–Crippen MR) is 123 cm³/mol. The van der Waals surface area contributed by atoms with E-state index in [2.05, 4.69) is 10.2 Å². The molecule has 3 aromatic rings. The average Bonchev–Trinajstić information content (AvgIpc) is 3.41. The summed E-state index contributed by atoms with van der Waals surface area (Å²) >= 11 is 1.17. The number of methoxy groups -OCH3 is 1. The van der Waals surface area contributed by atoms with E-state index in [0.717, 1.165) is 0 Å². The molecule has 0 radical (unpaired) electrons. The van der Waals surface area contributed by atoms with Gasteiger partial charge in [0.15, 0.2) is 16.7 Å². The second-order valence-electron chi connectivity index (χ2n) is 6.70. The van der Waals surface area contributed by atoms with Gasteiger partial charge in [0.05, 0.1) is 31.0 Å². The third-order valence-corrected chi connectivity index (χ3v) is 5.56. The number of benzene rings is 2. The molecule has 0 aliphatic carbocycles. The van der Waals surface area contributed by atoms with Crippen LogP contribution in [-0.2, 0) is 11.3 Å². The number of nitrogens with zero attached hydrogens (tertiary/aromatic N) is 3. The maximum Gasteiger partial charge on any atom is 0.267 e. The van der Waals surface area contributed by atoms with Crippen LogP contribution >= 0.6 is 11.8 Å². The van der Waals surface area contributed by atoms with E-state index >= 15 is 0 Å². The average molecular weight is 449 g/mol. The minimum atomic E-state index is -0.255. The maximum absolute atomic E-state index is 13.1. The zero-order valence-electron chi connectivity index (χ0n) is 17.0. The van der Waals surface area contributed by atoms with Crippen LogP contribution in [0.3, 0.4) is 0 Å². The number of hydrogen-bond donors (Lipinski definition) is 2. The molecule has 0 bridgehead atoms. The van der Waals surface area contributed by atoms with Crippen molar-refractivity contribution in [3.8, 4) is 17.2 Å². The number of rotatable bonds is 6. The molecule has 1 fully saturated rings. The number of amides is 1. The second kappa shape index (κ2) is 9.44. The number of amidine groups is 1. The third kappa shape index (κ3) is 4.68. The predicted octanol–water partition coefficient (Wildman–Crippen LogP) is 4.21. The van der Waals surface area contributed by atoms with Gasteiger partial charge < -0.3 is 19.4 Å². The summed E-state index contributed by atoms with van der Waals surface area (Å²) in [5.41, 5.74) is 1.20. The van der Waals surface area contributed by atoms with Crippen molar-refractivity contribution < 1.29 is 24.2 Å². The first kappa shape index (κ1) is 21.3. The Hall–Kier alpha value is -3.98. The van der Waals surface area contributed by atoms with Gasteiger partial charge in [0.25, 0.3) is 5.91 Å². The van der Waals surface area contributed by atoms with Crippen molar-refractivity contribution in [1.29, 1.82) is 0 Å². The molecule has 0 saturated carbocycles. The van der Waals surface area contributed by atoms with Crippen molar-refractivity contribution in [2.45, 2.75) is 6.54 Å². The Morgan fingerprint density at radius 1 is 1.12 bits per heavy atom. The molecule has 0 spiro atoms. The minimum absolute atomic E-state index is 0.0141. The number of aromatic hydroxyl groups is 2. The number of para-hydroxylation sites is 1. The summed E-state index contributed by atoms with van der Waals surface area (Å²) in [6.45, 7) is 0.194. The Balaban J connectivity index is 1.64. The largest absolute Gasteiger partial charge is 0.507 e. The molecule has 9 heteroatoms. The van der Waals surface area contributed by atoms with Gasteiger partial charge in [0.2, 0.25) is 0 Å². The first-order valence-corrected chi connectivity index (χ1v) is 10.4. The molecule has 1 aliphatic heterocycles. The lowest BCUT2D eigenvalue weighted by Crippen LogP contribution is -2.28. The fraction of sp³-hybridized carbons (Fsp3) is 0.0870. The van der Waals surface area contributed by atoms with Crippen LogP contribution in [0.4, 0.5) is 0 Å². The summed E-state index contributed by atoms with van der Waals surface area (Å²) in [4.78, 5) is 15.0. The lowest BCUT2D eigenvalue weighted by Gasteiger charge is -2.12. The number of ether oxygens (including phenoxy) is 1. The van der Waals surface area contributed by atoms with Crippen molar-refractivity contribution in [1.82, 2.24) is 4.90 Å². The molecule has 1 amide bonds. The lowest BCUT2D eigenvalue weighted by atomic mass is 10.2. The normalized spacial score (nSPS) is 16.5. The molecule has 1 aromatic heterocycles. The lowest BCUT2D eigenvalue weighted by molar-refractivity contribution is -0.122. The van der Waals surface area contributed by atoms with E-state index in [4.69, 9.17) is 9.15 Å². The summed E-state index contributed by atoms with van der Waals surface area (Å²) in [5.74, 6) is 0.753.